The Morgan fingerprint density at radius 2 is 1.72 bits per heavy atom. The van der Waals surface area contributed by atoms with Crippen molar-refractivity contribution in [1.82, 2.24) is 4.90 Å². The van der Waals surface area contributed by atoms with Gasteiger partial charge in [-0.25, -0.2) is 17.2 Å². The Morgan fingerprint density at radius 1 is 1.03 bits per heavy atom. The Hall–Kier alpha value is -2.52. The third-order valence-electron chi connectivity index (χ3n) is 5.58. The largest absolute Gasteiger partial charge is 0.370 e. The standard InChI is InChI=1S/C23H29F2N3O3S/c1-4-8-28(17(2)29)22-16-20(27-10-5-9-26(3)11-12-27)6-7-23(22)32(30,31)21-14-18(24)13-19(25)15-21/h6-7,13-16H,4-5,8-12H2,1-3H3. The topological polar surface area (TPSA) is 60.9 Å². The number of halogens is 2. The van der Waals surface area contributed by atoms with Crippen LogP contribution in [0.1, 0.15) is 26.7 Å². The molecule has 0 atom stereocenters. The Morgan fingerprint density at radius 3 is 2.34 bits per heavy atom. The second kappa shape index (κ2) is 9.95. The molecular weight excluding hydrogens is 436 g/mol. The summed E-state index contributed by atoms with van der Waals surface area (Å²) in [5.41, 5.74) is 1.03. The predicted octanol–water partition coefficient (Wildman–Crippen LogP) is 3.70. The summed E-state index contributed by atoms with van der Waals surface area (Å²) in [6.07, 6.45) is 1.58. The highest BCUT2D eigenvalue weighted by Crippen LogP contribution is 2.35. The van der Waals surface area contributed by atoms with Crippen LogP contribution in [0.15, 0.2) is 46.2 Å². The van der Waals surface area contributed by atoms with E-state index in [1.807, 2.05) is 6.92 Å². The van der Waals surface area contributed by atoms with Crippen molar-refractivity contribution in [1.29, 1.82) is 0 Å². The number of benzene rings is 2. The summed E-state index contributed by atoms with van der Waals surface area (Å²) in [6, 6.07) is 7.03. The van der Waals surface area contributed by atoms with Crippen LogP contribution in [0.2, 0.25) is 0 Å². The fraction of sp³-hybridized carbons (Fsp3) is 0.435. The van der Waals surface area contributed by atoms with Gasteiger partial charge in [0.25, 0.3) is 0 Å². The zero-order valence-electron chi connectivity index (χ0n) is 18.6. The van der Waals surface area contributed by atoms with Crippen LogP contribution < -0.4 is 9.80 Å². The SMILES string of the molecule is CCCN(C(C)=O)c1cc(N2CCCN(C)CC2)ccc1S(=O)(=O)c1cc(F)cc(F)c1. The molecule has 0 spiro atoms. The summed E-state index contributed by atoms with van der Waals surface area (Å²) in [4.78, 5) is 17.6. The Bertz CT molecular complexity index is 1070. The van der Waals surface area contributed by atoms with Gasteiger partial charge in [-0.1, -0.05) is 6.92 Å². The highest BCUT2D eigenvalue weighted by atomic mass is 32.2. The summed E-state index contributed by atoms with van der Waals surface area (Å²) in [6.45, 7) is 6.99. The van der Waals surface area contributed by atoms with E-state index in [9.17, 15) is 22.0 Å². The minimum absolute atomic E-state index is 0.151. The lowest BCUT2D eigenvalue weighted by Crippen LogP contribution is -2.32. The van der Waals surface area contributed by atoms with Crippen molar-refractivity contribution in [3.63, 3.8) is 0 Å². The number of hydrogen-bond donors (Lipinski definition) is 0. The van der Waals surface area contributed by atoms with Gasteiger partial charge < -0.3 is 14.7 Å². The number of amides is 1. The van der Waals surface area contributed by atoms with Crippen LogP contribution in [0, 0.1) is 11.6 Å². The number of rotatable bonds is 6. The molecule has 2 aromatic carbocycles. The molecule has 0 bridgehead atoms. The van der Waals surface area contributed by atoms with Gasteiger partial charge in [-0.2, -0.15) is 0 Å². The molecule has 0 N–H and O–H groups in total. The zero-order chi connectivity index (χ0) is 23.5. The van der Waals surface area contributed by atoms with E-state index < -0.39 is 26.4 Å². The summed E-state index contributed by atoms with van der Waals surface area (Å²) >= 11 is 0. The van der Waals surface area contributed by atoms with Crippen LogP contribution >= 0.6 is 0 Å². The van der Waals surface area contributed by atoms with Crippen molar-refractivity contribution in [2.45, 2.75) is 36.5 Å². The van der Waals surface area contributed by atoms with E-state index in [-0.39, 0.29) is 16.5 Å². The minimum atomic E-state index is -4.28. The third-order valence-corrected chi connectivity index (χ3v) is 7.36. The number of anilines is 2. The lowest BCUT2D eigenvalue weighted by Gasteiger charge is -2.28. The maximum atomic E-state index is 13.8. The number of sulfone groups is 1. The summed E-state index contributed by atoms with van der Waals surface area (Å²) in [7, 11) is -2.22. The first-order valence-corrected chi connectivity index (χ1v) is 12.2. The van der Waals surface area contributed by atoms with E-state index in [0.717, 1.165) is 50.4 Å². The number of hydrogen-bond acceptors (Lipinski definition) is 5. The Kier molecular flexibility index (Phi) is 7.51. The van der Waals surface area contributed by atoms with E-state index in [4.69, 9.17) is 0 Å². The van der Waals surface area contributed by atoms with E-state index >= 15 is 0 Å². The molecule has 1 amide bonds. The molecule has 0 aromatic heterocycles. The number of carbonyl (C=O) groups excluding carboxylic acids is 1. The summed E-state index contributed by atoms with van der Waals surface area (Å²) in [5.74, 6) is -2.26. The molecule has 3 rings (SSSR count). The molecule has 6 nitrogen and oxygen atoms in total. The van der Waals surface area contributed by atoms with Gasteiger partial charge in [0, 0.05) is 44.9 Å². The highest BCUT2D eigenvalue weighted by Gasteiger charge is 2.28. The molecule has 0 saturated carbocycles. The van der Waals surface area contributed by atoms with Crippen molar-refractivity contribution in [2.75, 3.05) is 49.6 Å². The van der Waals surface area contributed by atoms with Gasteiger partial charge >= 0.3 is 0 Å². The molecule has 174 valence electrons. The Balaban J connectivity index is 2.15. The third kappa shape index (κ3) is 5.27. The quantitative estimate of drug-likeness (QED) is 0.651. The van der Waals surface area contributed by atoms with Crippen molar-refractivity contribution in [3.8, 4) is 0 Å². The maximum absolute atomic E-state index is 13.8. The smallest absolute Gasteiger partial charge is 0.223 e. The maximum Gasteiger partial charge on any atom is 0.223 e. The van der Waals surface area contributed by atoms with Gasteiger partial charge in [0.15, 0.2) is 0 Å². The molecule has 1 aliphatic rings. The lowest BCUT2D eigenvalue weighted by molar-refractivity contribution is -0.116. The van der Waals surface area contributed by atoms with Gasteiger partial charge in [0.05, 0.1) is 15.5 Å². The first-order chi connectivity index (χ1) is 15.1. The molecule has 32 heavy (non-hydrogen) atoms. The fourth-order valence-corrected chi connectivity index (χ4v) is 5.41. The minimum Gasteiger partial charge on any atom is -0.370 e. The molecule has 1 aliphatic heterocycles. The highest BCUT2D eigenvalue weighted by molar-refractivity contribution is 7.91. The second-order valence-corrected chi connectivity index (χ2v) is 9.99. The van der Waals surface area contributed by atoms with Crippen LogP contribution in [0.25, 0.3) is 0 Å². The van der Waals surface area contributed by atoms with Crippen LogP contribution in [0.5, 0.6) is 0 Å². The second-order valence-electron chi connectivity index (χ2n) is 8.08. The van der Waals surface area contributed by atoms with Crippen LogP contribution in [-0.2, 0) is 14.6 Å². The normalized spacial score (nSPS) is 15.5. The fourth-order valence-electron chi connectivity index (χ4n) is 3.93. The van der Waals surface area contributed by atoms with E-state index in [2.05, 4.69) is 16.8 Å². The van der Waals surface area contributed by atoms with Crippen LogP contribution in [-0.4, -0.2) is 59.0 Å². The van der Waals surface area contributed by atoms with Crippen molar-refractivity contribution in [3.05, 3.63) is 48.0 Å². The summed E-state index contributed by atoms with van der Waals surface area (Å²) in [5, 5.41) is 0. The lowest BCUT2D eigenvalue weighted by atomic mass is 10.2. The monoisotopic (exact) mass is 465 g/mol. The van der Waals surface area contributed by atoms with Crippen molar-refractivity contribution < 1.29 is 22.0 Å². The first-order valence-electron chi connectivity index (χ1n) is 10.7. The molecule has 1 heterocycles. The van der Waals surface area contributed by atoms with Gasteiger partial charge in [-0.05, 0) is 56.8 Å². The molecule has 1 fully saturated rings. The predicted molar refractivity (Wildman–Crippen MR) is 121 cm³/mol. The summed E-state index contributed by atoms with van der Waals surface area (Å²) < 4.78 is 54.3. The number of carbonyl (C=O) groups is 1. The number of nitrogens with zero attached hydrogens (tertiary/aromatic N) is 3. The average molecular weight is 466 g/mol. The molecule has 0 radical (unpaired) electrons. The zero-order valence-corrected chi connectivity index (χ0v) is 19.5. The van der Waals surface area contributed by atoms with Gasteiger partial charge in [-0.15, -0.1) is 0 Å². The first kappa shape index (κ1) is 24.1. The molecular formula is C23H29F2N3O3S. The van der Waals surface area contributed by atoms with Crippen molar-refractivity contribution in [2.24, 2.45) is 0 Å². The van der Waals surface area contributed by atoms with Gasteiger partial charge in [0.1, 0.15) is 11.6 Å². The average Bonchev–Trinajstić information content (AvgIpc) is 2.95. The van der Waals surface area contributed by atoms with Crippen LogP contribution in [0.4, 0.5) is 20.2 Å². The molecule has 0 aliphatic carbocycles. The van der Waals surface area contributed by atoms with Crippen molar-refractivity contribution >= 4 is 27.1 Å². The van der Waals surface area contributed by atoms with Gasteiger partial charge in [-0.3, -0.25) is 4.79 Å². The molecule has 9 heteroatoms. The van der Waals surface area contributed by atoms with E-state index in [0.29, 0.717) is 19.0 Å². The molecule has 0 unspecified atom stereocenters. The van der Waals surface area contributed by atoms with Gasteiger partial charge in [0.2, 0.25) is 15.7 Å². The number of likely N-dealkylation sites (N-methyl/N-ethyl adjacent to an activating group) is 1. The Labute approximate surface area is 188 Å². The van der Waals surface area contributed by atoms with Crippen LogP contribution in [0.3, 0.4) is 0 Å². The molecule has 1 saturated heterocycles. The van der Waals surface area contributed by atoms with E-state index in [1.54, 1.807) is 12.1 Å². The van der Waals surface area contributed by atoms with E-state index in [1.165, 1.54) is 17.9 Å². The molecule has 2 aromatic rings.